The molecule has 1 aromatic heterocycles. The third-order valence-electron chi connectivity index (χ3n) is 2.32. The highest BCUT2D eigenvalue weighted by Crippen LogP contribution is 2.26. The summed E-state index contributed by atoms with van der Waals surface area (Å²) < 4.78 is 13.1. The van der Waals surface area contributed by atoms with Crippen LogP contribution >= 0.6 is 11.3 Å². The lowest BCUT2D eigenvalue weighted by Gasteiger charge is -1.99. The van der Waals surface area contributed by atoms with Crippen molar-refractivity contribution < 1.29 is 9.50 Å². The molecule has 1 N–H and O–H groups in total. The lowest BCUT2D eigenvalue weighted by atomic mass is 10.1. The average Bonchev–Trinajstić information content (AvgIpc) is 2.71. The van der Waals surface area contributed by atoms with E-state index in [1.54, 1.807) is 25.3 Å². The van der Waals surface area contributed by atoms with Gasteiger partial charge in [0.2, 0.25) is 0 Å². The van der Waals surface area contributed by atoms with Crippen molar-refractivity contribution in [2.75, 3.05) is 6.61 Å². The predicted octanol–water partition coefficient (Wildman–Crippen LogP) is 2.79. The molecule has 4 heteroatoms. The number of aryl methyl sites for hydroxylation is 1. The zero-order valence-electron chi connectivity index (χ0n) is 8.90. The lowest BCUT2D eigenvalue weighted by Crippen LogP contribution is -1.84. The number of benzene rings is 1. The minimum Gasteiger partial charge on any atom is -0.396 e. The zero-order chi connectivity index (χ0) is 11.5. The number of aliphatic hydroxyl groups is 1. The summed E-state index contributed by atoms with van der Waals surface area (Å²) >= 11 is 1.53. The number of aromatic nitrogens is 1. The second-order valence-corrected chi connectivity index (χ2v) is 4.68. The maximum atomic E-state index is 13.1. The SMILES string of the molecule is Cc1cc(-c2ncc(CCO)s2)ccc1F. The van der Waals surface area contributed by atoms with Crippen LogP contribution in [0.4, 0.5) is 4.39 Å². The summed E-state index contributed by atoms with van der Waals surface area (Å²) in [6, 6.07) is 4.97. The molecule has 2 nitrogen and oxygen atoms in total. The van der Waals surface area contributed by atoms with Gasteiger partial charge in [0, 0.05) is 29.7 Å². The molecular formula is C12H12FNOS. The monoisotopic (exact) mass is 237 g/mol. The summed E-state index contributed by atoms with van der Waals surface area (Å²) in [6.07, 6.45) is 2.38. The normalized spacial score (nSPS) is 10.7. The van der Waals surface area contributed by atoms with Gasteiger partial charge >= 0.3 is 0 Å². The van der Waals surface area contributed by atoms with Crippen LogP contribution in [-0.2, 0) is 6.42 Å². The summed E-state index contributed by atoms with van der Waals surface area (Å²) in [4.78, 5) is 5.30. The molecule has 0 radical (unpaired) electrons. The molecule has 0 spiro atoms. The highest BCUT2D eigenvalue weighted by molar-refractivity contribution is 7.15. The van der Waals surface area contributed by atoms with Gasteiger partial charge in [-0.15, -0.1) is 11.3 Å². The van der Waals surface area contributed by atoms with E-state index in [2.05, 4.69) is 4.98 Å². The van der Waals surface area contributed by atoms with E-state index in [1.165, 1.54) is 17.4 Å². The van der Waals surface area contributed by atoms with Gasteiger partial charge in [0.15, 0.2) is 0 Å². The fourth-order valence-electron chi connectivity index (χ4n) is 1.44. The molecule has 0 amide bonds. The van der Waals surface area contributed by atoms with Crippen molar-refractivity contribution in [2.45, 2.75) is 13.3 Å². The molecular weight excluding hydrogens is 225 g/mol. The number of hydrogen-bond acceptors (Lipinski definition) is 3. The van der Waals surface area contributed by atoms with Crippen LogP contribution in [0.3, 0.4) is 0 Å². The fourth-order valence-corrected chi connectivity index (χ4v) is 2.34. The van der Waals surface area contributed by atoms with E-state index in [0.717, 1.165) is 15.4 Å². The molecule has 0 saturated carbocycles. The number of aliphatic hydroxyl groups excluding tert-OH is 1. The first-order valence-electron chi connectivity index (χ1n) is 5.03. The van der Waals surface area contributed by atoms with Crippen molar-refractivity contribution in [1.82, 2.24) is 4.98 Å². The Labute approximate surface area is 97.4 Å². The third kappa shape index (κ3) is 2.28. The predicted molar refractivity (Wildman–Crippen MR) is 63.0 cm³/mol. The molecule has 1 heterocycles. The third-order valence-corrected chi connectivity index (χ3v) is 3.42. The maximum Gasteiger partial charge on any atom is 0.126 e. The summed E-state index contributed by atoms with van der Waals surface area (Å²) in [7, 11) is 0. The number of nitrogens with zero attached hydrogens (tertiary/aromatic N) is 1. The molecule has 16 heavy (non-hydrogen) atoms. The van der Waals surface area contributed by atoms with Crippen molar-refractivity contribution in [3.05, 3.63) is 40.7 Å². The van der Waals surface area contributed by atoms with Crippen LogP contribution in [0.2, 0.25) is 0 Å². The van der Waals surface area contributed by atoms with Gasteiger partial charge in [0.25, 0.3) is 0 Å². The molecule has 0 fully saturated rings. The Balaban J connectivity index is 2.31. The van der Waals surface area contributed by atoms with Crippen LogP contribution in [-0.4, -0.2) is 16.7 Å². The van der Waals surface area contributed by atoms with E-state index in [9.17, 15) is 4.39 Å². The molecule has 2 rings (SSSR count). The topological polar surface area (TPSA) is 33.1 Å². The van der Waals surface area contributed by atoms with Crippen LogP contribution in [0.5, 0.6) is 0 Å². The number of thiazole rings is 1. The first-order valence-corrected chi connectivity index (χ1v) is 5.84. The molecule has 1 aromatic carbocycles. The summed E-state index contributed by atoms with van der Waals surface area (Å²) in [6.45, 7) is 1.87. The number of hydrogen-bond donors (Lipinski definition) is 1. The maximum absolute atomic E-state index is 13.1. The first-order chi connectivity index (χ1) is 7.70. The fraction of sp³-hybridized carbons (Fsp3) is 0.250. The molecule has 0 aliphatic carbocycles. The van der Waals surface area contributed by atoms with E-state index in [0.29, 0.717) is 12.0 Å². The van der Waals surface area contributed by atoms with Gasteiger partial charge in [-0.2, -0.15) is 0 Å². The van der Waals surface area contributed by atoms with Gasteiger partial charge < -0.3 is 5.11 Å². The molecule has 0 atom stereocenters. The Morgan fingerprint density at radius 1 is 1.44 bits per heavy atom. The lowest BCUT2D eigenvalue weighted by molar-refractivity contribution is 0.300. The second kappa shape index (κ2) is 4.72. The Kier molecular flexibility index (Phi) is 3.31. The van der Waals surface area contributed by atoms with Crippen molar-refractivity contribution >= 4 is 11.3 Å². The van der Waals surface area contributed by atoms with Gasteiger partial charge in [0.05, 0.1) is 0 Å². The summed E-state index contributed by atoms with van der Waals surface area (Å²) in [5, 5.41) is 9.68. The number of halogens is 1. The molecule has 84 valence electrons. The zero-order valence-corrected chi connectivity index (χ0v) is 9.72. The molecule has 0 aliphatic heterocycles. The van der Waals surface area contributed by atoms with Gasteiger partial charge in [-0.3, -0.25) is 0 Å². The summed E-state index contributed by atoms with van der Waals surface area (Å²) in [5.41, 5.74) is 1.55. The van der Waals surface area contributed by atoms with Gasteiger partial charge in [-0.05, 0) is 30.7 Å². The number of rotatable bonds is 3. The van der Waals surface area contributed by atoms with E-state index < -0.39 is 0 Å². The minimum atomic E-state index is -0.198. The molecule has 2 aromatic rings. The summed E-state index contributed by atoms with van der Waals surface area (Å²) in [5.74, 6) is -0.198. The average molecular weight is 237 g/mol. The molecule has 0 aliphatic rings. The standard InChI is InChI=1S/C12H12FNOS/c1-8-6-9(2-3-11(8)13)12-14-7-10(16-12)4-5-15/h2-3,6-7,15H,4-5H2,1H3. The van der Waals surface area contributed by atoms with Crippen molar-refractivity contribution in [3.8, 4) is 10.6 Å². The molecule has 0 unspecified atom stereocenters. The molecule has 0 saturated heterocycles. The van der Waals surface area contributed by atoms with Crippen molar-refractivity contribution in [1.29, 1.82) is 0 Å². The van der Waals surface area contributed by atoms with Gasteiger partial charge in [0.1, 0.15) is 10.8 Å². The minimum absolute atomic E-state index is 0.129. The highest BCUT2D eigenvalue weighted by Gasteiger charge is 2.06. The Morgan fingerprint density at radius 2 is 2.25 bits per heavy atom. The van der Waals surface area contributed by atoms with Gasteiger partial charge in [-0.25, -0.2) is 9.37 Å². The quantitative estimate of drug-likeness (QED) is 0.890. The Hall–Kier alpha value is -1.26. The highest BCUT2D eigenvalue weighted by atomic mass is 32.1. The largest absolute Gasteiger partial charge is 0.396 e. The van der Waals surface area contributed by atoms with Gasteiger partial charge in [-0.1, -0.05) is 0 Å². The van der Waals surface area contributed by atoms with Crippen LogP contribution in [0, 0.1) is 12.7 Å². The smallest absolute Gasteiger partial charge is 0.126 e. The van der Waals surface area contributed by atoms with Crippen LogP contribution < -0.4 is 0 Å². The van der Waals surface area contributed by atoms with Crippen LogP contribution in [0.25, 0.3) is 10.6 Å². The second-order valence-electron chi connectivity index (χ2n) is 3.57. The van der Waals surface area contributed by atoms with Crippen LogP contribution in [0.15, 0.2) is 24.4 Å². The van der Waals surface area contributed by atoms with E-state index >= 15 is 0 Å². The van der Waals surface area contributed by atoms with E-state index in [1.807, 2.05) is 0 Å². The van der Waals surface area contributed by atoms with Crippen LogP contribution in [0.1, 0.15) is 10.4 Å². The van der Waals surface area contributed by atoms with Crippen molar-refractivity contribution in [2.24, 2.45) is 0 Å². The van der Waals surface area contributed by atoms with E-state index in [-0.39, 0.29) is 12.4 Å². The first kappa shape index (κ1) is 11.2. The Bertz CT molecular complexity index is 496. The van der Waals surface area contributed by atoms with E-state index in [4.69, 9.17) is 5.11 Å². The molecule has 0 bridgehead atoms. The van der Waals surface area contributed by atoms with Crippen molar-refractivity contribution in [3.63, 3.8) is 0 Å². The Morgan fingerprint density at radius 3 is 2.94 bits per heavy atom.